The summed E-state index contributed by atoms with van der Waals surface area (Å²) in [4.78, 5) is 38.0. The van der Waals surface area contributed by atoms with Crippen molar-refractivity contribution in [2.24, 2.45) is 0 Å². The van der Waals surface area contributed by atoms with E-state index in [1.54, 1.807) is 18.9 Å². The average molecular weight is 268 g/mol. The summed E-state index contributed by atoms with van der Waals surface area (Å²) in [7, 11) is 1.71. The van der Waals surface area contributed by atoms with Gasteiger partial charge in [-0.2, -0.15) is 0 Å². The van der Waals surface area contributed by atoms with Gasteiger partial charge in [-0.3, -0.25) is 19.4 Å². The topological polar surface area (TPSA) is 81.8 Å². The fourth-order valence-corrected chi connectivity index (χ4v) is 1.96. The van der Waals surface area contributed by atoms with Crippen LogP contribution in [0.2, 0.25) is 0 Å². The van der Waals surface area contributed by atoms with E-state index in [0.717, 1.165) is 12.8 Å². The van der Waals surface area contributed by atoms with Crippen LogP contribution >= 0.6 is 0 Å². The average Bonchev–Trinajstić information content (AvgIpc) is 3.06. The molecule has 106 valence electrons. The summed E-state index contributed by atoms with van der Waals surface area (Å²) in [5, 5.41) is 5.46. The van der Waals surface area contributed by atoms with Crippen LogP contribution < -0.4 is 10.6 Å². The van der Waals surface area contributed by atoms with Crippen LogP contribution in [0.25, 0.3) is 0 Å². The lowest BCUT2D eigenvalue weighted by Gasteiger charge is -2.25. The molecule has 0 radical (unpaired) electrons. The van der Waals surface area contributed by atoms with Crippen molar-refractivity contribution in [2.75, 3.05) is 26.7 Å². The van der Waals surface area contributed by atoms with Gasteiger partial charge in [-0.1, -0.05) is 0 Å². The third kappa shape index (κ3) is 3.44. The zero-order valence-electron chi connectivity index (χ0n) is 11.3. The summed E-state index contributed by atoms with van der Waals surface area (Å²) in [6.45, 7) is 2.75. The van der Waals surface area contributed by atoms with Crippen molar-refractivity contribution in [1.29, 1.82) is 0 Å². The number of nitrogens with one attached hydrogen (secondary N) is 2. The molecular formula is C12H20N4O3. The van der Waals surface area contributed by atoms with Crippen molar-refractivity contribution in [3.8, 4) is 0 Å². The number of urea groups is 1. The Morgan fingerprint density at radius 1 is 1.53 bits per heavy atom. The minimum absolute atomic E-state index is 0.0736. The molecular weight excluding hydrogens is 248 g/mol. The van der Waals surface area contributed by atoms with E-state index < -0.39 is 6.04 Å². The van der Waals surface area contributed by atoms with Crippen LogP contribution in [0.4, 0.5) is 4.79 Å². The summed E-state index contributed by atoms with van der Waals surface area (Å²) in [5.74, 6) is -0.341. The molecule has 0 aromatic heterocycles. The first kappa shape index (κ1) is 13.8. The van der Waals surface area contributed by atoms with Gasteiger partial charge in [-0.15, -0.1) is 0 Å². The Hall–Kier alpha value is -1.63. The Morgan fingerprint density at radius 3 is 2.74 bits per heavy atom. The van der Waals surface area contributed by atoms with Crippen LogP contribution in [-0.4, -0.2) is 66.4 Å². The van der Waals surface area contributed by atoms with Gasteiger partial charge in [0, 0.05) is 19.1 Å². The second kappa shape index (κ2) is 5.56. The normalized spacial score (nSPS) is 20.4. The molecule has 7 heteroatoms. The van der Waals surface area contributed by atoms with E-state index in [1.807, 2.05) is 0 Å². The Balaban J connectivity index is 1.83. The van der Waals surface area contributed by atoms with E-state index in [0.29, 0.717) is 19.1 Å². The summed E-state index contributed by atoms with van der Waals surface area (Å²) in [6.07, 6.45) is 2.08. The fourth-order valence-electron chi connectivity index (χ4n) is 1.96. The van der Waals surface area contributed by atoms with Crippen LogP contribution in [0.1, 0.15) is 19.8 Å². The first-order valence-corrected chi connectivity index (χ1v) is 6.58. The Bertz CT molecular complexity index is 394. The molecule has 1 atom stereocenters. The molecule has 4 amide bonds. The van der Waals surface area contributed by atoms with Gasteiger partial charge in [0.1, 0.15) is 0 Å². The first-order chi connectivity index (χ1) is 8.99. The summed E-state index contributed by atoms with van der Waals surface area (Å²) in [6, 6.07) is -0.530. The van der Waals surface area contributed by atoms with Crippen molar-refractivity contribution in [3.05, 3.63) is 0 Å². The number of hydrogen-bond acceptors (Lipinski definition) is 4. The zero-order valence-corrected chi connectivity index (χ0v) is 11.3. The molecule has 1 saturated carbocycles. The number of rotatable bonds is 5. The van der Waals surface area contributed by atoms with E-state index in [9.17, 15) is 14.4 Å². The number of carbonyl (C=O) groups excluding carboxylic acids is 3. The second-order valence-electron chi connectivity index (χ2n) is 5.15. The van der Waals surface area contributed by atoms with Gasteiger partial charge in [0.05, 0.1) is 12.6 Å². The maximum atomic E-state index is 12.1. The highest BCUT2D eigenvalue weighted by Crippen LogP contribution is 2.18. The molecule has 1 aliphatic heterocycles. The number of nitrogens with zero attached hydrogens (tertiary/aromatic N) is 2. The lowest BCUT2D eigenvalue weighted by Crippen LogP contribution is -2.49. The lowest BCUT2D eigenvalue weighted by atomic mass is 10.2. The monoisotopic (exact) mass is 268 g/mol. The van der Waals surface area contributed by atoms with Gasteiger partial charge in [0.15, 0.2) is 0 Å². The maximum absolute atomic E-state index is 12.1. The number of imide groups is 1. The predicted octanol–water partition coefficient (Wildman–Crippen LogP) is -0.863. The SMILES string of the molecule is C[C@@H](C(=O)N1CCNC1=O)N(C)CC(=O)NC1CC1. The van der Waals surface area contributed by atoms with E-state index in [-0.39, 0.29) is 24.4 Å². The zero-order chi connectivity index (χ0) is 14.0. The third-order valence-electron chi connectivity index (χ3n) is 3.48. The Labute approximate surface area is 112 Å². The van der Waals surface area contributed by atoms with Crippen LogP contribution in [0, 0.1) is 0 Å². The molecule has 0 spiro atoms. The maximum Gasteiger partial charge on any atom is 0.324 e. The highest BCUT2D eigenvalue weighted by Gasteiger charge is 2.32. The van der Waals surface area contributed by atoms with Gasteiger partial charge in [-0.25, -0.2) is 4.79 Å². The molecule has 1 aliphatic carbocycles. The molecule has 1 saturated heterocycles. The van der Waals surface area contributed by atoms with Crippen molar-refractivity contribution in [2.45, 2.75) is 31.8 Å². The van der Waals surface area contributed by atoms with Crippen LogP contribution in [0.5, 0.6) is 0 Å². The molecule has 0 unspecified atom stereocenters. The van der Waals surface area contributed by atoms with Gasteiger partial charge in [0.25, 0.3) is 0 Å². The quantitative estimate of drug-likeness (QED) is 0.679. The van der Waals surface area contributed by atoms with Crippen LogP contribution in [0.3, 0.4) is 0 Å². The standard InChI is InChI=1S/C12H20N4O3/c1-8(11(18)16-6-5-13-12(16)19)15(2)7-10(17)14-9-3-4-9/h8-9H,3-7H2,1-2H3,(H,13,19)(H,14,17)/t8-/m0/s1. The van der Waals surface area contributed by atoms with Crippen molar-refractivity contribution >= 4 is 17.8 Å². The summed E-state index contributed by atoms with van der Waals surface area (Å²) < 4.78 is 0. The molecule has 19 heavy (non-hydrogen) atoms. The van der Waals surface area contributed by atoms with Gasteiger partial charge in [0.2, 0.25) is 11.8 Å². The van der Waals surface area contributed by atoms with Crippen molar-refractivity contribution in [1.82, 2.24) is 20.4 Å². The van der Waals surface area contributed by atoms with Crippen molar-refractivity contribution < 1.29 is 14.4 Å². The molecule has 2 rings (SSSR count). The van der Waals surface area contributed by atoms with E-state index in [1.165, 1.54) is 4.90 Å². The molecule has 2 N–H and O–H groups in total. The van der Waals surface area contributed by atoms with Crippen molar-refractivity contribution in [3.63, 3.8) is 0 Å². The minimum atomic E-state index is -0.492. The highest BCUT2D eigenvalue weighted by atomic mass is 16.2. The molecule has 2 fully saturated rings. The number of carbonyl (C=O) groups is 3. The Kier molecular flexibility index (Phi) is 4.04. The number of amides is 4. The van der Waals surface area contributed by atoms with E-state index in [2.05, 4.69) is 10.6 Å². The van der Waals surface area contributed by atoms with Crippen LogP contribution in [0.15, 0.2) is 0 Å². The molecule has 2 aliphatic rings. The fraction of sp³-hybridized carbons (Fsp3) is 0.750. The third-order valence-corrected chi connectivity index (χ3v) is 3.48. The van der Waals surface area contributed by atoms with Gasteiger partial charge < -0.3 is 10.6 Å². The Morgan fingerprint density at radius 2 is 2.21 bits per heavy atom. The summed E-state index contributed by atoms with van der Waals surface area (Å²) in [5.41, 5.74) is 0. The molecule has 7 nitrogen and oxygen atoms in total. The number of likely N-dealkylation sites (N-methyl/N-ethyl adjacent to an activating group) is 1. The molecule has 0 aromatic rings. The highest BCUT2D eigenvalue weighted by molar-refractivity contribution is 5.98. The largest absolute Gasteiger partial charge is 0.352 e. The second-order valence-corrected chi connectivity index (χ2v) is 5.15. The van der Waals surface area contributed by atoms with E-state index >= 15 is 0 Å². The molecule has 0 bridgehead atoms. The van der Waals surface area contributed by atoms with Crippen LogP contribution in [-0.2, 0) is 9.59 Å². The first-order valence-electron chi connectivity index (χ1n) is 6.58. The summed E-state index contributed by atoms with van der Waals surface area (Å²) >= 11 is 0. The number of hydrogen-bond donors (Lipinski definition) is 2. The predicted molar refractivity (Wildman–Crippen MR) is 68.4 cm³/mol. The van der Waals surface area contributed by atoms with Gasteiger partial charge >= 0.3 is 6.03 Å². The lowest BCUT2D eigenvalue weighted by molar-refractivity contribution is -0.133. The smallest absolute Gasteiger partial charge is 0.324 e. The van der Waals surface area contributed by atoms with E-state index in [4.69, 9.17) is 0 Å². The van der Waals surface area contributed by atoms with Gasteiger partial charge in [-0.05, 0) is 26.8 Å². The molecule has 0 aromatic carbocycles. The minimum Gasteiger partial charge on any atom is -0.352 e. The molecule has 1 heterocycles.